The molecule has 0 aromatic rings. The number of piperidine rings is 1. The quantitative estimate of drug-likeness (QED) is 0.862. The van der Waals surface area contributed by atoms with Gasteiger partial charge in [-0.05, 0) is 31.6 Å². The minimum absolute atomic E-state index is 0.188. The van der Waals surface area contributed by atoms with E-state index in [4.69, 9.17) is 4.74 Å². The summed E-state index contributed by atoms with van der Waals surface area (Å²) in [5.41, 5.74) is 0. The van der Waals surface area contributed by atoms with Gasteiger partial charge in [0.2, 0.25) is 0 Å². The van der Waals surface area contributed by atoms with Gasteiger partial charge in [0, 0.05) is 52.0 Å². The van der Waals surface area contributed by atoms with Gasteiger partial charge < -0.3 is 19.9 Å². The van der Waals surface area contributed by atoms with Crippen LogP contribution in [0.15, 0.2) is 0 Å². The highest BCUT2D eigenvalue weighted by Crippen LogP contribution is 2.16. The SMILES string of the molecule is CC(C)CN(C)C(=O)N1CCC(NC2CCOCC2)CC1. The van der Waals surface area contributed by atoms with Crippen LogP contribution in [0.25, 0.3) is 0 Å². The first kappa shape index (κ1) is 16.6. The molecule has 0 unspecified atom stereocenters. The molecule has 21 heavy (non-hydrogen) atoms. The first-order chi connectivity index (χ1) is 10.1. The van der Waals surface area contributed by atoms with Crippen molar-refractivity contribution in [3.8, 4) is 0 Å². The summed E-state index contributed by atoms with van der Waals surface area (Å²) in [4.78, 5) is 16.2. The van der Waals surface area contributed by atoms with Gasteiger partial charge in [0.25, 0.3) is 0 Å². The Morgan fingerprint density at radius 1 is 1.19 bits per heavy atom. The highest BCUT2D eigenvalue weighted by atomic mass is 16.5. The molecule has 0 radical (unpaired) electrons. The predicted molar refractivity (Wildman–Crippen MR) is 84.4 cm³/mol. The van der Waals surface area contributed by atoms with E-state index in [0.29, 0.717) is 18.0 Å². The zero-order valence-corrected chi connectivity index (χ0v) is 13.8. The van der Waals surface area contributed by atoms with E-state index in [2.05, 4.69) is 19.2 Å². The molecule has 122 valence electrons. The molecule has 0 aliphatic carbocycles. The number of carbonyl (C=O) groups excluding carboxylic acids is 1. The third kappa shape index (κ3) is 5.15. The minimum Gasteiger partial charge on any atom is -0.381 e. The number of nitrogens with zero attached hydrogens (tertiary/aromatic N) is 2. The summed E-state index contributed by atoms with van der Waals surface area (Å²) in [5.74, 6) is 0.520. The fourth-order valence-electron chi connectivity index (χ4n) is 3.30. The van der Waals surface area contributed by atoms with Crippen molar-refractivity contribution >= 4 is 6.03 Å². The van der Waals surface area contributed by atoms with Crippen molar-refractivity contribution in [2.24, 2.45) is 5.92 Å². The first-order valence-electron chi connectivity index (χ1n) is 8.40. The van der Waals surface area contributed by atoms with Gasteiger partial charge in [0.15, 0.2) is 0 Å². The van der Waals surface area contributed by atoms with E-state index in [9.17, 15) is 4.79 Å². The molecule has 2 aliphatic heterocycles. The predicted octanol–water partition coefficient (Wildman–Crippen LogP) is 1.93. The van der Waals surface area contributed by atoms with Gasteiger partial charge in [-0.2, -0.15) is 0 Å². The summed E-state index contributed by atoms with van der Waals surface area (Å²) in [6.07, 6.45) is 4.38. The lowest BCUT2D eigenvalue weighted by molar-refractivity contribution is 0.0709. The molecule has 2 saturated heterocycles. The molecule has 0 bridgehead atoms. The van der Waals surface area contributed by atoms with E-state index in [-0.39, 0.29) is 6.03 Å². The number of nitrogens with one attached hydrogen (secondary N) is 1. The van der Waals surface area contributed by atoms with Crippen molar-refractivity contribution in [1.29, 1.82) is 0 Å². The van der Waals surface area contributed by atoms with Crippen LogP contribution < -0.4 is 5.32 Å². The molecule has 0 aromatic carbocycles. The number of ether oxygens (including phenoxy) is 1. The van der Waals surface area contributed by atoms with Crippen LogP contribution >= 0.6 is 0 Å². The first-order valence-corrected chi connectivity index (χ1v) is 8.40. The van der Waals surface area contributed by atoms with Crippen molar-refractivity contribution in [2.75, 3.05) is 39.9 Å². The van der Waals surface area contributed by atoms with Crippen molar-refractivity contribution < 1.29 is 9.53 Å². The average molecular weight is 297 g/mol. The molecule has 2 heterocycles. The fraction of sp³-hybridized carbons (Fsp3) is 0.938. The van der Waals surface area contributed by atoms with E-state index in [1.54, 1.807) is 0 Å². The van der Waals surface area contributed by atoms with Gasteiger partial charge in [0.1, 0.15) is 0 Å². The standard InChI is InChI=1S/C16H31N3O2/c1-13(2)12-18(3)16(20)19-8-4-14(5-9-19)17-15-6-10-21-11-7-15/h13-15,17H,4-12H2,1-3H3. The van der Waals surface area contributed by atoms with E-state index in [0.717, 1.165) is 58.5 Å². The Bertz CT molecular complexity index is 321. The summed E-state index contributed by atoms with van der Waals surface area (Å²) in [5, 5.41) is 3.75. The fourth-order valence-corrected chi connectivity index (χ4v) is 3.30. The Balaban J connectivity index is 1.71. The average Bonchev–Trinajstić information content (AvgIpc) is 2.47. The summed E-state index contributed by atoms with van der Waals surface area (Å²) >= 11 is 0. The number of hydrogen-bond donors (Lipinski definition) is 1. The Morgan fingerprint density at radius 2 is 1.76 bits per heavy atom. The molecule has 0 spiro atoms. The largest absolute Gasteiger partial charge is 0.381 e. The second kappa shape index (κ2) is 7.99. The zero-order chi connectivity index (χ0) is 15.2. The molecule has 0 saturated carbocycles. The maximum atomic E-state index is 12.3. The van der Waals surface area contributed by atoms with Gasteiger partial charge in [-0.15, -0.1) is 0 Å². The highest BCUT2D eigenvalue weighted by Gasteiger charge is 2.26. The van der Waals surface area contributed by atoms with Crippen LogP contribution in [0.2, 0.25) is 0 Å². The number of rotatable bonds is 4. The molecular weight excluding hydrogens is 266 g/mol. The van der Waals surface area contributed by atoms with E-state index in [1.165, 1.54) is 0 Å². The van der Waals surface area contributed by atoms with Crippen LogP contribution in [-0.4, -0.2) is 67.8 Å². The summed E-state index contributed by atoms with van der Waals surface area (Å²) in [6.45, 7) is 8.65. The Kier molecular flexibility index (Phi) is 6.30. The molecule has 5 heteroatoms. The van der Waals surface area contributed by atoms with E-state index < -0.39 is 0 Å². The van der Waals surface area contributed by atoms with Crippen LogP contribution in [0.3, 0.4) is 0 Å². The number of carbonyl (C=O) groups is 1. The van der Waals surface area contributed by atoms with E-state index >= 15 is 0 Å². The molecule has 2 rings (SSSR count). The van der Waals surface area contributed by atoms with Gasteiger partial charge in [-0.3, -0.25) is 0 Å². The van der Waals surface area contributed by atoms with Gasteiger partial charge in [0.05, 0.1) is 0 Å². The lowest BCUT2D eigenvalue weighted by atomic mass is 10.0. The second-order valence-electron chi connectivity index (χ2n) is 6.87. The number of amides is 2. The molecule has 2 aliphatic rings. The van der Waals surface area contributed by atoms with E-state index in [1.807, 2.05) is 16.8 Å². The summed E-state index contributed by atoms with van der Waals surface area (Å²) < 4.78 is 5.40. The van der Waals surface area contributed by atoms with Gasteiger partial charge in [-0.25, -0.2) is 4.79 Å². The van der Waals surface area contributed by atoms with Crippen molar-refractivity contribution in [3.63, 3.8) is 0 Å². The maximum absolute atomic E-state index is 12.3. The zero-order valence-electron chi connectivity index (χ0n) is 13.8. The van der Waals surface area contributed by atoms with Gasteiger partial charge in [-0.1, -0.05) is 13.8 Å². The minimum atomic E-state index is 0.188. The normalized spacial score (nSPS) is 21.8. The van der Waals surface area contributed by atoms with Crippen LogP contribution in [0.5, 0.6) is 0 Å². The monoisotopic (exact) mass is 297 g/mol. The Labute approximate surface area is 129 Å². The van der Waals surface area contributed by atoms with Crippen LogP contribution in [-0.2, 0) is 4.74 Å². The molecule has 1 N–H and O–H groups in total. The van der Waals surface area contributed by atoms with Crippen molar-refractivity contribution in [2.45, 2.75) is 51.6 Å². The molecule has 2 fully saturated rings. The lowest BCUT2D eigenvalue weighted by Gasteiger charge is -2.37. The van der Waals surface area contributed by atoms with Crippen LogP contribution in [0, 0.1) is 5.92 Å². The molecule has 0 aromatic heterocycles. The number of likely N-dealkylation sites (tertiary alicyclic amines) is 1. The maximum Gasteiger partial charge on any atom is 0.319 e. The second-order valence-corrected chi connectivity index (χ2v) is 6.87. The third-order valence-corrected chi connectivity index (χ3v) is 4.42. The van der Waals surface area contributed by atoms with Crippen LogP contribution in [0.4, 0.5) is 4.79 Å². The third-order valence-electron chi connectivity index (χ3n) is 4.42. The number of hydrogen-bond acceptors (Lipinski definition) is 3. The lowest BCUT2D eigenvalue weighted by Crippen LogP contribution is -2.51. The molecule has 0 atom stereocenters. The highest BCUT2D eigenvalue weighted by molar-refractivity contribution is 5.74. The molecule has 2 amide bonds. The molecular formula is C16H31N3O2. The van der Waals surface area contributed by atoms with Crippen LogP contribution in [0.1, 0.15) is 39.5 Å². The smallest absolute Gasteiger partial charge is 0.319 e. The number of urea groups is 1. The topological polar surface area (TPSA) is 44.8 Å². The van der Waals surface area contributed by atoms with Crippen molar-refractivity contribution in [3.05, 3.63) is 0 Å². The Hall–Kier alpha value is -0.810. The summed E-state index contributed by atoms with van der Waals surface area (Å²) in [7, 11) is 1.91. The van der Waals surface area contributed by atoms with Crippen molar-refractivity contribution in [1.82, 2.24) is 15.1 Å². The molecule has 5 nitrogen and oxygen atoms in total. The summed E-state index contributed by atoms with van der Waals surface area (Å²) in [6, 6.07) is 1.36. The van der Waals surface area contributed by atoms with Gasteiger partial charge >= 0.3 is 6.03 Å². The Morgan fingerprint density at radius 3 is 2.33 bits per heavy atom.